The van der Waals surface area contributed by atoms with Gasteiger partial charge in [0, 0.05) is 31.7 Å². The first-order valence-corrected chi connectivity index (χ1v) is 5.69. The predicted octanol–water partition coefficient (Wildman–Crippen LogP) is 2.19. The van der Waals surface area contributed by atoms with E-state index in [4.69, 9.17) is 0 Å². The van der Waals surface area contributed by atoms with E-state index in [1.165, 1.54) is 11.1 Å². The van der Waals surface area contributed by atoms with Crippen molar-refractivity contribution >= 4 is 18.3 Å². The summed E-state index contributed by atoms with van der Waals surface area (Å²) in [7, 11) is 1.85. The maximum Gasteiger partial charge on any atom is 0.253 e. The van der Waals surface area contributed by atoms with Crippen molar-refractivity contribution < 1.29 is 4.79 Å². The quantitative estimate of drug-likeness (QED) is 0.878. The van der Waals surface area contributed by atoms with E-state index in [0.29, 0.717) is 0 Å². The van der Waals surface area contributed by atoms with E-state index < -0.39 is 0 Å². The summed E-state index contributed by atoms with van der Waals surface area (Å²) in [6, 6.07) is 6.22. The van der Waals surface area contributed by atoms with E-state index in [0.717, 1.165) is 18.7 Å². The molecular weight excluding hydrogens is 236 g/mol. The molecule has 1 heterocycles. The van der Waals surface area contributed by atoms with E-state index in [9.17, 15) is 4.79 Å². The monoisotopic (exact) mass is 254 g/mol. The van der Waals surface area contributed by atoms with Crippen molar-refractivity contribution in [1.82, 2.24) is 10.2 Å². The molecule has 1 aromatic carbocycles. The van der Waals surface area contributed by atoms with Crippen molar-refractivity contribution in [3.63, 3.8) is 0 Å². The van der Waals surface area contributed by atoms with Crippen LogP contribution < -0.4 is 5.32 Å². The number of halogens is 1. The van der Waals surface area contributed by atoms with Crippen LogP contribution in [0.4, 0.5) is 0 Å². The zero-order valence-corrected chi connectivity index (χ0v) is 11.3. The Morgan fingerprint density at radius 3 is 2.59 bits per heavy atom. The third-order valence-corrected chi connectivity index (χ3v) is 3.18. The van der Waals surface area contributed by atoms with Gasteiger partial charge in [0.2, 0.25) is 0 Å². The number of nitrogens with zero attached hydrogens (tertiary/aromatic N) is 1. The van der Waals surface area contributed by atoms with Gasteiger partial charge in [-0.1, -0.05) is 6.07 Å². The fourth-order valence-electron chi connectivity index (χ4n) is 1.87. The number of carbonyl (C=O) groups excluding carboxylic acids is 1. The van der Waals surface area contributed by atoms with Crippen molar-refractivity contribution in [2.45, 2.75) is 33.0 Å². The van der Waals surface area contributed by atoms with Gasteiger partial charge < -0.3 is 10.2 Å². The second kappa shape index (κ2) is 5.52. The molecule has 1 N–H and O–H groups in total. The van der Waals surface area contributed by atoms with E-state index >= 15 is 0 Å². The number of rotatable bonds is 2. The van der Waals surface area contributed by atoms with Crippen LogP contribution in [0.1, 0.15) is 35.3 Å². The van der Waals surface area contributed by atoms with Crippen molar-refractivity contribution in [2.24, 2.45) is 0 Å². The topological polar surface area (TPSA) is 32.3 Å². The Kier molecular flexibility index (Phi) is 4.54. The molecule has 1 amide bonds. The first-order valence-electron chi connectivity index (χ1n) is 5.69. The lowest BCUT2D eigenvalue weighted by molar-refractivity contribution is 0.0755. The summed E-state index contributed by atoms with van der Waals surface area (Å²) in [6.45, 7) is 5.84. The van der Waals surface area contributed by atoms with Crippen LogP contribution in [0, 0.1) is 0 Å². The fraction of sp³-hybridized carbons (Fsp3) is 0.462. The molecule has 0 radical (unpaired) electrons. The van der Waals surface area contributed by atoms with Gasteiger partial charge in [0.15, 0.2) is 0 Å². The predicted molar refractivity (Wildman–Crippen MR) is 71.5 cm³/mol. The van der Waals surface area contributed by atoms with Gasteiger partial charge in [-0.05, 0) is 37.1 Å². The minimum Gasteiger partial charge on any atom is -0.339 e. The molecule has 1 aliphatic rings. The van der Waals surface area contributed by atoms with Gasteiger partial charge in [-0.15, -0.1) is 12.4 Å². The second-order valence-electron chi connectivity index (χ2n) is 4.60. The third kappa shape index (κ3) is 2.79. The molecule has 0 bridgehead atoms. The second-order valence-corrected chi connectivity index (χ2v) is 4.60. The minimum absolute atomic E-state index is 0. The minimum atomic E-state index is 0. The highest BCUT2D eigenvalue weighted by atomic mass is 35.5. The van der Waals surface area contributed by atoms with Gasteiger partial charge in [-0.2, -0.15) is 0 Å². The van der Waals surface area contributed by atoms with Gasteiger partial charge in [0.1, 0.15) is 0 Å². The number of benzene rings is 1. The van der Waals surface area contributed by atoms with Crippen LogP contribution in [0.5, 0.6) is 0 Å². The summed E-state index contributed by atoms with van der Waals surface area (Å²) >= 11 is 0. The highest BCUT2D eigenvalue weighted by Gasteiger charge is 2.17. The van der Waals surface area contributed by atoms with Crippen LogP contribution in [-0.2, 0) is 13.1 Å². The number of hydrogen-bond acceptors (Lipinski definition) is 2. The van der Waals surface area contributed by atoms with Gasteiger partial charge in [-0.3, -0.25) is 4.79 Å². The van der Waals surface area contributed by atoms with Gasteiger partial charge in [-0.25, -0.2) is 0 Å². The molecule has 3 nitrogen and oxygen atoms in total. The fourth-order valence-corrected chi connectivity index (χ4v) is 1.87. The summed E-state index contributed by atoms with van der Waals surface area (Å²) in [5.74, 6) is 0.102. The molecule has 2 rings (SSSR count). The SMILES string of the molecule is CC(C)N(C)C(=O)c1ccc2c(c1)CNC2.Cl. The summed E-state index contributed by atoms with van der Waals surface area (Å²) in [5.41, 5.74) is 3.35. The lowest BCUT2D eigenvalue weighted by Crippen LogP contribution is -2.33. The Hall–Kier alpha value is -1.06. The van der Waals surface area contributed by atoms with Gasteiger partial charge in [0.25, 0.3) is 5.91 Å². The average molecular weight is 255 g/mol. The molecular formula is C13H19ClN2O. The van der Waals surface area contributed by atoms with E-state index in [1.54, 1.807) is 4.90 Å². The Balaban J connectivity index is 0.00000144. The Morgan fingerprint density at radius 2 is 1.94 bits per heavy atom. The molecule has 0 aromatic heterocycles. The maximum absolute atomic E-state index is 12.1. The smallest absolute Gasteiger partial charge is 0.253 e. The average Bonchev–Trinajstić information content (AvgIpc) is 2.73. The van der Waals surface area contributed by atoms with Crippen LogP contribution in [0.15, 0.2) is 18.2 Å². The van der Waals surface area contributed by atoms with E-state index in [-0.39, 0.29) is 24.4 Å². The number of carbonyl (C=O) groups is 1. The van der Waals surface area contributed by atoms with Crippen LogP contribution in [0.3, 0.4) is 0 Å². The molecule has 1 aliphatic heterocycles. The molecule has 0 fully saturated rings. The summed E-state index contributed by atoms with van der Waals surface area (Å²) in [4.78, 5) is 13.9. The van der Waals surface area contributed by atoms with Gasteiger partial charge >= 0.3 is 0 Å². The molecule has 0 atom stereocenters. The molecule has 0 saturated carbocycles. The van der Waals surface area contributed by atoms with Crippen molar-refractivity contribution in [3.8, 4) is 0 Å². The van der Waals surface area contributed by atoms with Crippen LogP contribution in [0.25, 0.3) is 0 Å². The van der Waals surface area contributed by atoms with E-state index in [1.807, 2.05) is 33.0 Å². The highest BCUT2D eigenvalue weighted by Crippen LogP contribution is 2.18. The number of amides is 1. The van der Waals surface area contributed by atoms with Crippen LogP contribution in [0.2, 0.25) is 0 Å². The molecule has 17 heavy (non-hydrogen) atoms. The molecule has 4 heteroatoms. The standard InChI is InChI=1S/C13H18N2O.ClH/c1-9(2)15(3)13(16)10-4-5-11-7-14-8-12(11)6-10;/h4-6,9,14H,7-8H2,1-3H3;1H. The zero-order valence-electron chi connectivity index (χ0n) is 10.5. The van der Waals surface area contributed by atoms with Crippen molar-refractivity contribution in [2.75, 3.05) is 7.05 Å². The first-order chi connectivity index (χ1) is 7.59. The summed E-state index contributed by atoms with van der Waals surface area (Å²) < 4.78 is 0. The largest absolute Gasteiger partial charge is 0.339 e. The molecule has 0 spiro atoms. The maximum atomic E-state index is 12.1. The number of nitrogens with one attached hydrogen (secondary N) is 1. The lowest BCUT2D eigenvalue weighted by Gasteiger charge is -2.21. The van der Waals surface area contributed by atoms with Crippen LogP contribution >= 0.6 is 12.4 Å². The molecule has 0 aliphatic carbocycles. The van der Waals surface area contributed by atoms with Gasteiger partial charge in [0.05, 0.1) is 0 Å². The first kappa shape index (κ1) is 14.0. The summed E-state index contributed by atoms with van der Waals surface area (Å²) in [6.07, 6.45) is 0. The molecule has 0 unspecified atom stereocenters. The molecule has 94 valence electrons. The zero-order chi connectivity index (χ0) is 11.7. The third-order valence-electron chi connectivity index (χ3n) is 3.18. The molecule has 0 saturated heterocycles. The Labute approximate surface area is 109 Å². The highest BCUT2D eigenvalue weighted by molar-refractivity contribution is 5.94. The Morgan fingerprint density at radius 1 is 1.29 bits per heavy atom. The summed E-state index contributed by atoms with van der Waals surface area (Å²) in [5, 5.41) is 3.28. The molecule has 1 aromatic rings. The van der Waals surface area contributed by atoms with Crippen LogP contribution in [-0.4, -0.2) is 23.9 Å². The number of hydrogen-bond donors (Lipinski definition) is 1. The van der Waals surface area contributed by atoms with Crippen molar-refractivity contribution in [1.29, 1.82) is 0 Å². The normalized spacial score (nSPS) is 13.2. The lowest BCUT2D eigenvalue weighted by atomic mass is 10.1. The Bertz CT molecular complexity index is 418. The van der Waals surface area contributed by atoms with Crippen molar-refractivity contribution in [3.05, 3.63) is 34.9 Å². The number of fused-ring (bicyclic) bond motifs is 1. The van der Waals surface area contributed by atoms with E-state index in [2.05, 4.69) is 11.4 Å².